The first-order valence-electron chi connectivity index (χ1n) is 5.61. The average Bonchev–Trinajstić information content (AvgIpc) is 2.31. The summed E-state index contributed by atoms with van der Waals surface area (Å²) in [6.45, 7) is 3.33. The van der Waals surface area contributed by atoms with Crippen molar-refractivity contribution in [3.8, 4) is 11.5 Å². The van der Waals surface area contributed by atoms with Gasteiger partial charge in [-0.05, 0) is 49.7 Å². The van der Waals surface area contributed by atoms with Crippen LogP contribution in [0.5, 0.6) is 11.5 Å². The molecule has 2 rings (SSSR count). The van der Waals surface area contributed by atoms with Gasteiger partial charge in [0, 0.05) is 5.56 Å². The molecule has 0 N–H and O–H groups in total. The van der Waals surface area contributed by atoms with E-state index in [1.54, 1.807) is 12.1 Å². The molecule has 3 heteroatoms. The van der Waals surface area contributed by atoms with E-state index in [9.17, 15) is 9.18 Å². The Morgan fingerprint density at radius 2 is 1.94 bits per heavy atom. The molecule has 2 aromatic rings. The number of benzene rings is 2. The molecule has 0 aliphatic carbocycles. The minimum atomic E-state index is -0.538. The summed E-state index contributed by atoms with van der Waals surface area (Å²) in [5, 5.41) is 0. The Bertz CT molecular complexity index is 591. The van der Waals surface area contributed by atoms with Crippen LogP contribution in [0.15, 0.2) is 42.5 Å². The molecule has 0 radical (unpaired) electrons. The fourth-order valence-electron chi connectivity index (χ4n) is 1.61. The van der Waals surface area contributed by atoms with E-state index in [1.165, 1.54) is 19.1 Å². The van der Waals surface area contributed by atoms with Crippen LogP contribution in [0, 0.1) is 12.7 Å². The second kappa shape index (κ2) is 5.00. The topological polar surface area (TPSA) is 26.3 Å². The highest BCUT2D eigenvalue weighted by atomic mass is 19.1. The van der Waals surface area contributed by atoms with Gasteiger partial charge in [-0.1, -0.05) is 12.1 Å². The fraction of sp³-hybridized carbons (Fsp3) is 0.133. The number of ether oxygens (including phenoxy) is 1. The number of hydrogen-bond acceptors (Lipinski definition) is 2. The minimum Gasteiger partial charge on any atom is -0.454 e. The average molecular weight is 244 g/mol. The van der Waals surface area contributed by atoms with Crippen LogP contribution >= 0.6 is 0 Å². The molecular weight excluding hydrogens is 231 g/mol. The summed E-state index contributed by atoms with van der Waals surface area (Å²) >= 11 is 0. The molecule has 0 heterocycles. The number of carbonyl (C=O) groups is 1. The van der Waals surface area contributed by atoms with E-state index in [0.29, 0.717) is 11.3 Å². The maximum Gasteiger partial charge on any atom is 0.166 e. The monoisotopic (exact) mass is 244 g/mol. The molecule has 0 atom stereocenters. The molecule has 0 saturated carbocycles. The van der Waals surface area contributed by atoms with E-state index in [4.69, 9.17) is 4.74 Å². The fourth-order valence-corrected chi connectivity index (χ4v) is 1.61. The number of halogens is 1. The van der Waals surface area contributed by atoms with E-state index >= 15 is 0 Å². The Hall–Kier alpha value is -2.16. The van der Waals surface area contributed by atoms with Crippen molar-refractivity contribution in [1.82, 2.24) is 0 Å². The van der Waals surface area contributed by atoms with Gasteiger partial charge in [0.2, 0.25) is 0 Å². The van der Waals surface area contributed by atoms with Gasteiger partial charge in [0.15, 0.2) is 17.3 Å². The third-order valence-corrected chi connectivity index (χ3v) is 2.56. The summed E-state index contributed by atoms with van der Waals surface area (Å²) in [5.74, 6) is -0.0183. The summed E-state index contributed by atoms with van der Waals surface area (Å²) in [5.41, 5.74) is 1.37. The Morgan fingerprint density at radius 3 is 2.56 bits per heavy atom. The third kappa shape index (κ3) is 2.74. The van der Waals surface area contributed by atoms with Crippen LogP contribution in [-0.2, 0) is 0 Å². The summed E-state index contributed by atoms with van der Waals surface area (Å²) in [6.07, 6.45) is 0. The molecule has 0 bridgehead atoms. The number of hydrogen-bond donors (Lipinski definition) is 0. The molecule has 18 heavy (non-hydrogen) atoms. The van der Waals surface area contributed by atoms with Crippen molar-refractivity contribution < 1.29 is 13.9 Å². The van der Waals surface area contributed by atoms with Crippen LogP contribution < -0.4 is 4.74 Å². The van der Waals surface area contributed by atoms with Crippen molar-refractivity contribution in [2.45, 2.75) is 13.8 Å². The van der Waals surface area contributed by atoms with Crippen LogP contribution in [0.1, 0.15) is 22.8 Å². The Balaban J connectivity index is 2.27. The lowest BCUT2D eigenvalue weighted by molar-refractivity contribution is 0.101. The molecule has 0 aliphatic heterocycles. The summed E-state index contributed by atoms with van der Waals surface area (Å²) in [7, 11) is 0. The lowest BCUT2D eigenvalue weighted by atomic mass is 10.1. The molecule has 0 aromatic heterocycles. The number of Topliss-reactive ketones (excluding diaryl/α,β-unsaturated/α-hetero) is 1. The van der Waals surface area contributed by atoms with Crippen molar-refractivity contribution in [1.29, 1.82) is 0 Å². The standard InChI is InChI=1S/C15H13FO2/c1-10-4-3-5-13(8-10)18-15-7-6-12(11(2)17)9-14(15)16/h3-9H,1-2H3. The number of ketones is 1. The van der Waals surface area contributed by atoms with E-state index in [-0.39, 0.29) is 11.5 Å². The van der Waals surface area contributed by atoms with Crippen molar-refractivity contribution in [3.05, 3.63) is 59.4 Å². The van der Waals surface area contributed by atoms with Gasteiger partial charge >= 0.3 is 0 Å². The molecule has 0 aliphatic rings. The maximum absolute atomic E-state index is 13.7. The van der Waals surface area contributed by atoms with Crippen LogP contribution in [0.3, 0.4) is 0 Å². The van der Waals surface area contributed by atoms with Crippen molar-refractivity contribution >= 4 is 5.78 Å². The van der Waals surface area contributed by atoms with Gasteiger partial charge in [0.1, 0.15) is 5.75 Å². The molecule has 92 valence electrons. The van der Waals surface area contributed by atoms with Crippen LogP contribution in [-0.4, -0.2) is 5.78 Å². The Morgan fingerprint density at radius 1 is 1.17 bits per heavy atom. The highest BCUT2D eigenvalue weighted by molar-refractivity contribution is 5.94. The van der Waals surface area contributed by atoms with E-state index in [1.807, 2.05) is 25.1 Å². The number of rotatable bonds is 3. The summed E-state index contributed by atoms with van der Waals surface area (Å²) in [4.78, 5) is 11.1. The number of aryl methyl sites for hydroxylation is 1. The van der Waals surface area contributed by atoms with Gasteiger partial charge in [-0.3, -0.25) is 4.79 Å². The number of carbonyl (C=O) groups excluding carboxylic acids is 1. The van der Waals surface area contributed by atoms with Crippen molar-refractivity contribution in [3.63, 3.8) is 0 Å². The lowest BCUT2D eigenvalue weighted by Gasteiger charge is -2.08. The largest absolute Gasteiger partial charge is 0.454 e. The Kier molecular flexibility index (Phi) is 3.42. The van der Waals surface area contributed by atoms with Gasteiger partial charge in [0.05, 0.1) is 0 Å². The predicted molar refractivity (Wildman–Crippen MR) is 67.7 cm³/mol. The highest BCUT2D eigenvalue weighted by Crippen LogP contribution is 2.25. The molecule has 0 fully saturated rings. The van der Waals surface area contributed by atoms with Gasteiger partial charge in [0.25, 0.3) is 0 Å². The van der Waals surface area contributed by atoms with Gasteiger partial charge in [-0.15, -0.1) is 0 Å². The predicted octanol–water partition coefficient (Wildman–Crippen LogP) is 4.13. The quantitative estimate of drug-likeness (QED) is 0.759. The first-order chi connectivity index (χ1) is 8.56. The SMILES string of the molecule is CC(=O)c1ccc(Oc2cccc(C)c2)c(F)c1. The molecule has 0 spiro atoms. The zero-order valence-corrected chi connectivity index (χ0v) is 10.2. The van der Waals surface area contributed by atoms with Crippen molar-refractivity contribution in [2.75, 3.05) is 0 Å². The molecule has 0 saturated heterocycles. The van der Waals surface area contributed by atoms with Crippen molar-refractivity contribution in [2.24, 2.45) is 0 Å². The van der Waals surface area contributed by atoms with Gasteiger partial charge < -0.3 is 4.74 Å². The second-order valence-electron chi connectivity index (χ2n) is 4.12. The normalized spacial score (nSPS) is 10.2. The van der Waals surface area contributed by atoms with Gasteiger partial charge in [-0.2, -0.15) is 0 Å². The van der Waals surface area contributed by atoms with Crippen LogP contribution in [0.4, 0.5) is 4.39 Å². The van der Waals surface area contributed by atoms with E-state index in [0.717, 1.165) is 5.56 Å². The molecular formula is C15H13FO2. The third-order valence-electron chi connectivity index (χ3n) is 2.56. The first kappa shape index (κ1) is 12.3. The second-order valence-corrected chi connectivity index (χ2v) is 4.12. The molecule has 0 amide bonds. The van der Waals surface area contributed by atoms with E-state index < -0.39 is 5.82 Å². The van der Waals surface area contributed by atoms with E-state index in [2.05, 4.69) is 0 Å². The molecule has 0 unspecified atom stereocenters. The zero-order valence-electron chi connectivity index (χ0n) is 10.2. The molecule has 2 nitrogen and oxygen atoms in total. The minimum absolute atomic E-state index is 0.116. The lowest BCUT2D eigenvalue weighted by Crippen LogP contribution is -1.95. The first-order valence-corrected chi connectivity index (χ1v) is 5.61. The summed E-state index contributed by atoms with van der Waals surface area (Å²) in [6, 6.07) is 11.6. The Labute approximate surface area is 105 Å². The van der Waals surface area contributed by atoms with Crippen LogP contribution in [0.2, 0.25) is 0 Å². The maximum atomic E-state index is 13.7. The zero-order chi connectivity index (χ0) is 13.1. The van der Waals surface area contributed by atoms with Gasteiger partial charge in [-0.25, -0.2) is 4.39 Å². The molecule has 2 aromatic carbocycles. The highest BCUT2D eigenvalue weighted by Gasteiger charge is 2.08. The summed E-state index contributed by atoms with van der Waals surface area (Å²) < 4.78 is 19.2. The van der Waals surface area contributed by atoms with Crippen LogP contribution in [0.25, 0.3) is 0 Å². The smallest absolute Gasteiger partial charge is 0.166 e.